The molecule has 1 saturated heterocycles. The van der Waals surface area contributed by atoms with Crippen molar-refractivity contribution in [3.05, 3.63) is 52.6 Å². The number of hydrogen-bond donors (Lipinski definition) is 1. The van der Waals surface area contributed by atoms with Crippen molar-refractivity contribution in [3.8, 4) is 10.4 Å². The lowest BCUT2D eigenvalue weighted by molar-refractivity contribution is -0.131. The summed E-state index contributed by atoms with van der Waals surface area (Å²) in [7, 11) is 0. The van der Waals surface area contributed by atoms with Gasteiger partial charge < -0.3 is 9.88 Å². The predicted molar refractivity (Wildman–Crippen MR) is 117 cm³/mol. The first-order chi connectivity index (χ1) is 13.6. The number of likely N-dealkylation sites (tertiary alicyclic amines) is 1. The Bertz CT molecular complexity index is 1030. The largest absolute Gasteiger partial charge is 0.339 e. The number of nitrogens with one attached hydrogen (secondary N) is 1. The lowest BCUT2D eigenvalue weighted by atomic mass is 10.0. The van der Waals surface area contributed by atoms with Gasteiger partial charge in [0.25, 0.3) is 5.56 Å². The molecule has 1 aromatic carbocycles. The monoisotopic (exact) mass is 413 g/mol. The molecular weight excluding hydrogens is 390 g/mol. The Morgan fingerprint density at radius 3 is 2.93 bits per heavy atom. The molecule has 146 valence electrons. The zero-order valence-corrected chi connectivity index (χ0v) is 17.4. The summed E-state index contributed by atoms with van der Waals surface area (Å²) in [5, 5.41) is 0.621. The van der Waals surface area contributed by atoms with Crippen LogP contribution >= 0.6 is 23.1 Å². The number of amides is 1. The van der Waals surface area contributed by atoms with Crippen LogP contribution in [0.3, 0.4) is 0 Å². The first-order valence-corrected chi connectivity index (χ1v) is 11.5. The average Bonchev–Trinajstić information content (AvgIpc) is 3.14. The second-order valence-corrected chi connectivity index (χ2v) is 9.15. The standard InChI is InChI=1S/C21H23N3O2S2/c1-14-7-5-6-10-24(14)19(25)13-27-12-18-22-20(26)16-11-17(28-21(16)23-18)15-8-3-2-4-9-15/h2-4,8-9,11,14H,5-7,10,12-13H2,1H3,(H,22,23,26)/t14-/m1/s1. The molecule has 7 heteroatoms. The molecule has 4 rings (SSSR count). The highest BCUT2D eigenvalue weighted by molar-refractivity contribution is 7.99. The van der Waals surface area contributed by atoms with E-state index in [1.54, 1.807) is 0 Å². The number of carbonyl (C=O) groups excluding carboxylic acids is 1. The fourth-order valence-corrected chi connectivity index (χ4v) is 5.40. The van der Waals surface area contributed by atoms with E-state index in [2.05, 4.69) is 16.9 Å². The molecule has 28 heavy (non-hydrogen) atoms. The number of benzene rings is 1. The summed E-state index contributed by atoms with van der Waals surface area (Å²) in [5.41, 5.74) is 0.970. The molecule has 0 unspecified atom stereocenters. The molecule has 1 amide bonds. The SMILES string of the molecule is C[C@@H]1CCCCN1C(=O)CSCc1nc2sc(-c3ccccc3)cc2c(=O)[nH]1. The maximum absolute atomic E-state index is 12.5. The third-order valence-electron chi connectivity index (χ3n) is 5.10. The molecule has 2 aromatic heterocycles. The highest BCUT2D eigenvalue weighted by Gasteiger charge is 2.22. The van der Waals surface area contributed by atoms with Crippen LogP contribution in [0.15, 0.2) is 41.2 Å². The summed E-state index contributed by atoms with van der Waals surface area (Å²) in [5.74, 6) is 1.76. The third kappa shape index (κ3) is 4.15. The van der Waals surface area contributed by atoms with E-state index in [4.69, 9.17) is 0 Å². The lowest BCUT2D eigenvalue weighted by Gasteiger charge is -2.33. The Labute approximate surface area is 172 Å². The molecule has 0 spiro atoms. The van der Waals surface area contributed by atoms with Crippen LogP contribution in [0.2, 0.25) is 0 Å². The lowest BCUT2D eigenvalue weighted by Crippen LogP contribution is -2.42. The zero-order chi connectivity index (χ0) is 19.5. The molecule has 0 radical (unpaired) electrons. The van der Waals surface area contributed by atoms with Crippen LogP contribution in [-0.2, 0) is 10.5 Å². The fraction of sp³-hybridized carbons (Fsp3) is 0.381. The fourth-order valence-electron chi connectivity index (χ4n) is 3.58. The van der Waals surface area contributed by atoms with Crippen molar-refractivity contribution in [1.82, 2.24) is 14.9 Å². The summed E-state index contributed by atoms with van der Waals surface area (Å²) in [6.07, 6.45) is 3.38. The smallest absolute Gasteiger partial charge is 0.259 e. The number of thioether (sulfide) groups is 1. The van der Waals surface area contributed by atoms with Crippen LogP contribution in [0, 0.1) is 0 Å². The summed E-state index contributed by atoms with van der Waals surface area (Å²) in [4.78, 5) is 36.2. The second-order valence-electron chi connectivity index (χ2n) is 7.13. The molecule has 0 saturated carbocycles. The van der Waals surface area contributed by atoms with Gasteiger partial charge in [-0.2, -0.15) is 0 Å². The molecule has 3 aromatic rings. The number of aromatic nitrogens is 2. The van der Waals surface area contributed by atoms with Crippen molar-refractivity contribution >= 4 is 39.2 Å². The first kappa shape index (κ1) is 19.2. The number of rotatable bonds is 5. The minimum absolute atomic E-state index is 0.116. The van der Waals surface area contributed by atoms with Gasteiger partial charge in [0.2, 0.25) is 5.91 Å². The van der Waals surface area contributed by atoms with Crippen molar-refractivity contribution in [2.45, 2.75) is 38.0 Å². The number of fused-ring (bicyclic) bond motifs is 1. The van der Waals surface area contributed by atoms with Gasteiger partial charge in [-0.05, 0) is 37.8 Å². The summed E-state index contributed by atoms with van der Waals surface area (Å²) in [6.45, 7) is 2.98. The first-order valence-electron chi connectivity index (χ1n) is 9.57. The number of hydrogen-bond acceptors (Lipinski definition) is 5. The van der Waals surface area contributed by atoms with Crippen molar-refractivity contribution in [3.63, 3.8) is 0 Å². The summed E-state index contributed by atoms with van der Waals surface area (Å²) >= 11 is 3.04. The number of piperidine rings is 1. The minimum atomic E-state index is -0.116. The average molecular weight is 414 g/mol. The minimum Gasteiger partial charge on any atom is -0.339 e. The van der Waals surface area contributed by atoms with Gasteiger partial charge in [-0.1, -0.05) is 30.3 Å². The van der Waals surface area contributed by atoms with E-state index in [0.717, 1.165) is 34.7 Å². The molecule has 1 atom stereocenters. The molecule has 1 aliphatic rings. The van der Waals surface area contributed by atoms with Gasteiger partial charge in [0, 0.05) is 17.5 Å². The Kier molecular flexibility index (Phi) is 5.82. The van der Waals surface area contributed by atoms with Crippen LogP contribution < -0.4 is 5.56 Å². The van der Waals surface area contributed by atoms with E-state index in [1.165, 1.54) is 29.5 Å². The number of carbonyl (C=O) groups is 1. The van der Waals surface area contributed by atoms with E-state index in [-0.39, 0.29) is 11.5 Å². The van der Waals surface area contributed by atoms with Gasteiger partial charge in [0.1, 0.15) is 10.7 Å². The quantitative estimate of drug-likeness (QED) is 0.678. The van der Waals surface area contributed by atoms with Gasteiger partial charge >= 0.3 is 0 Å². The molecule has 0 aliphatic carbocycles. The highest BCUT2D eigenvalue weighted by atomic mass is 32.2. The Morgan fingerprint density at radius 1 is 1.32 bits per heavy atom. The molecule has 1 N–H and O–H groups in total. The molecule has 1 aliphatic heterocycles. The van der Waals surface area contributed by atoms with Crippen LogP contribution in [0.5, 0.6) is 0 Å². The molecular formula is C21H23N3O2S2. The number of H-pyrrole nitrogens is 1. The van der Waals surface area contributed by atoms with Crippen molar-refractivity contribution in [1.29, 1.82) is 0 Å². The number of thiophene rings is 1. The molecule has 0 bridgehead atoms. The topological polar surface area (TPSA) is 66.1 Å². The van der Waals surface area contributed by atoms with E-state index in [0.29, 0.717) is 28.8 Å². The third-order valence-corrected chi connectivity index (χ3v) is 7.10. The van der Waals surface area contributed by atoms with Crippen LogP contribution in [-0.4, -0.2) is 39.1 Å². The van der Waals surface area contributed by atoms with E-state index < -0.39 is 0 Å². The maximum atomic E-state index is 12.5. The highest BCUT2D eigenvalue weighted by Crippen LogP contribution is 2.31. The Morgan fingerprint density at radius 2 is 2.14 bits per heavy atom. The van der Waals surface area contributed by atoms with E-state index in [9.17, 15) is 9.59 Å². The van der Waals surface area contributed by atoms with Gasteiger partial charge in [-0.25, -0.2) is 4.98 Å². The number of nitrogens with zero attached hydrogens (tertiary/aromatic N) is 2. The van der Waals surface area contributed by atoms with E-state index in [1.807, 2.05) is 41.3 Å². The number of aromatic amines is 1. The zero-order valence-electron chi connectivity index (χ0n) is 15.8. The Balaban J connectivity index is 1.44. The summed E-state index contributed by atoms with van der Waals surface area (Å²) in [6, 6.07) is 12.2. The van der Waals surface area contributed by atoms with Gasteiger partial charge in [0.15, 0.2) is 0 Å². The maximum Gasteiger partial charge on any atom is 0.259 e. The van der Waals surface area contributed by atoms with Gasteiger partial charge in [-0.3, -0.25) is 9.59 Å². The van der Waals surface area contributed by atoms with Crippen molar-refractivity contribution in [2.24, 2.45) is 0 Å². The van der Waals surface area contributed by atoms with Crippen LogP contribution in [0.1, 0.15) is 32.0 Å². The summed E-state index contributed by atoms with van der Waals surface area (Å²) < 4.78 is 0. The van der Waals surface area contributed by atoms with Gasteiger partial charge in [-0.15, -0.1) is 23.1 Å². The van der Waals surface area contributed by atoms with Crippen molar-refractivity contribution < 1.29 is 4.79 Å². The normalized spacial score (nSPS) is 17.2. The van der Waals surface area contributed by atoms with Crippen LogP contribution in [0.25, 0.3) is 20.7 Å². The molecule has 3 heterocycles. The van der Waals surface area contributed by atoms with Crippen molar-refractivity contribution in [2.75, 3.05) is 12.3 Å². The second kappa shape index (κ2) is 8.49. The molecule has 1 fully saturated rings. The predicted octanol–water partition coefficient (Wildman–Crippen LogP) is 4.29. The van der Waals surface area contributed by atoms with Gasteiger partial charge in [0.05, 0.1) is 16.9 Å². The van der Waals surface area contributed by atoms with Crippen LogP contribution in [0.4, 0.5) is 0 Å². The molecule has 5 nitrogen and oxygen atoms in total. The van der Waals surface area contributed by atoms with E-state index >= 15 is 0 Å². The Hall–Kier alpha value is -2.12.